The monoisotopic (exact) mass is 465 g/mol. The Labute approximate surface area is 201 Å². The Bertz CT molecular complexity index is 888. The van der Waals surface area contributed by atoms with Gasteiger partial charge in [0.25, 0.3) is 5.91 Å². The average molecular weight is 466 g/mol. The van der Waals surface area contributed by atoms with Gasteiger partial charge in [-0.05, 0) is 30.4 Å². The van der Waals surface area contributed by atoms with E-state index in [-0.39, 0.29) is 11.8 Å². The Hall–Kier alpha value is -2.24. The molecule has 2 aromatic carbocycles. The number of rotatable bonds is 11. The molecule has 0 spiro atoms. The minimum Gasteiger partial charge on any atom is -0.274 e. The second kappa shape index (κ2) is 12.1. The average Bonchev–Trinajstić information content (AvgIpc) is 2.82. The molecule has 0 unspecified atom stereocenters. The van der Waals surface area contributed by atoms with E-state index in [0.29, 0.717) is 16.5 Å². The molecular weight excluding hydrogens is 434 g/mol. The maximum atomic E-state index is 13.9. The molecule has 2 amide bonds. The third-order valence-electron chi connectivity index (χ3n) is 5.99. The van der Waals surface area contributed by atoms with Crippen molar-refractivity contribution in [1.82, 2.24) is 4.90 Å². The van der Waals surface area contributed by atoms with Crippen molar-refractivity contribution in [3.05, 3.63) is 84.4 Å². The number of carbonyl (C=O) groups is 2. The van der Waals surface area contributed by atoms with Gasteiger partial charge in [-0.3, -0.25) is 9.59 Å². The molecule has 0 atom stereocenters. The molecule has 1 heterocycles. The Morgan fingerprint density at radius 1 is 0.938 bits per heavy atom. The summed E-state index contributed by atoms with van der Waals surface area (Å²) in [5.41, 5.74) is 0.864. The molecule has 3 nitrogen and oxygen atoms in total. The summed E-state index contributed by atoms with van der Waals surface area (Å²) in [4.78, 5) is 28.3. The van der Waals surface area contributed by atoms with E-state index in [0.717, 1.165) is 36.8 Å². The molecule has 0 N–H and O–H groups in total. The smallest absolute Gasteiger partial charge is 0.250 e. The van der Waals surface area contributed by atoms with Crippen LogP contribution in [-0.2, 0) is 15.0 Å². The zero-order valence-electron chi connectivity index (χ0n) is 18.5. The number of imide groups is 1. The fourth-order valence-corrected chi connectivity index (χ4v) is 5.67. The molecule has 2 aromatic rings. The number of allylic oxidation sites excluding steroid dienone is 1. The second-order valence-corrected chi connectivity index (χ2v) is 9.78. The first kappa shape index (κ1) is 24.4. The second-order valence-electron chi connectivity index (χ2n) is 8.17. The lowest BCUT2D eigenvalue weighted by molar-refractivity contribution is -0.142. The summed E-state index contributed by atoms with van der Waals surface area (Å²) < 4.78 is 0.368. The quantitative estimate of drug-likeness (QED) is 0.211. The molecule has 3 rings (SSSR count). The van der Waals surface area contributed by atoms with Gasteiger partial charge in [-0.25, -0.2) is 4.90 Å². The number of benzene rings is 2. The molecular formula is C27H31NO2S2. The van der Waals surface area contributed by atoms with Gasteiger partial charge in [0.2, 0.25) is 5.91 Å². The molecule has 5 heteroatoms. The summed E-state index contributed by atoms with van der Waals surface area (Å²) in [7, 11) is 0. The van der Waals surface area contributed by atoms with Gasteiger partial charge in [0, 0.05) is 12.2 Å². The summed E-state index contributed by atoms with van der Waals surface area (Å²) in [5, 5.41) is 0. The molecule has 32 heavy (non-hydrogen) atoms. The van der Waals surface area contributed by atoms with Crippen LogP contribution in [0.5, 0.6) is 0 Å². The summed E-state index contributed by atoms with van der Waals surface area (Å²) in [6.45, 7) is 3.75. The number of hydrogen-bond donors (Lipinski definition) is 0. The van der Waals surface area contributed by atoms with Crippen LogP contribution in [-0.4, -0.2) is 26.8 Å². The zero-order chi connectivity index (χ0) is 22.8. The van der Waals surface area contributed by atoms with Crippen LogP contribution in [0.4, 0.5) is 0 Å². The van der Waals surface area contributed by atoms with Crippen molar-refractivity contribution in [1.29, 1.82) is 0 Å². The van der Waals surface area contributed by atoms with Crippen molar-refractivity contribution in [2.24, 2.45) is 0 Å². The van der Waals surface area contributed by atoms with Gasteiger partial charge in [0.1, 0.15) is 9.74 Å². The molecule has 1 aliphatic heterocycles. The lowest BCUT2D eigenvalue weighted by atomic mass is 9.74. The van der Waals surface area contributed by atoms with Gasteiger partial charge in [-0.2, -0.15) is 0 Å². The lowest BCUT2D eigenvalue weighted by Crippen LogP contribution is -2.56. The van der Waals surface area contributed by atoms with Crippen LogP contribution in [0, 0.1) is 0 Å². The van der Waals surface area contributed by atoms with Gasteiger partial charge in [-0.15, -0.1) is 6.58 Å². The van der Waals surface area contributed by atoms with Gasteiger partial charge >= 0.3 is 0 Å². The lowest BCUT2D eigenvalue weighted by Gasteiger charge is -2.41. The summed E-state index contributed by atoms with van der Waals surface area (Å²) >= 11 is 6.90. The number of hydrogen-bond acceptors (Lipinski definition) is 4. The van der Waals surface area contributed by atoms with Gasteiger partial charge in [0.15, 0.2) is 0 Å². The van der Waals surface area contributed by atoms with Crippen LogP contribution in [0.1, 0.15) is 62.5 Å². The number of nitrogens with zero attached hydrogens (tertiary/aromatic N) is 1. The van der Waals surface area contributed by atoms with Gasteiger partial charge in [0.05, 0.1) is 0 Å². The number of unbranched alkanes of at least 4 members (excludes halogenated alkanes) is 6. The van der Waals surface area contributed by atoms with E-state index in [4.69, 9.17) is 12.2 Å². The van der Waals surface area contributed by atoms with E-state index in [1.165, 1.54) is 35.9 Å². The first-order chi connectivity index (χ1) is 15.6. The Morgan fingerprint density at radius 2 is 1.47 bits per heavy atom. The third kappa shape index (κ3) is 5.57. The maximum absolute atomic E-state index is 13.9. The van der Waals surface area contributed by atoms with Crippen LogP contribution in [0.3, 0.4) is 0 Å². The minimum absolute atomic E-state index is 0.185. The fraction of sp³-hybridized carbons (Fsp3) is 0.370. The first-order valence-electron chi connectivity index (χ1n) is 11.4. The van der Waals surface area contributed by atoms with Crippen LogP contribution in [0.2, 0.25) is 0 Å². The maximum Gasteiger partial charge on any atom is 0.250 e. The molecule has 1 aliphatic rings. The van der Waals surface area contributed by atoms with Crippen LogP contribution < -0.4 is 0 Å². The number of amides is 2. The Kier molecular flexibility index (Phi) is 9.24. The topological polar surface area (TPSA) is 37.4 Å². The van der Waals surface area contributed by atoms with Crippen molar-refractivity contribution >= 4 is 40.1 Å². The largest absolute Gasteiger partial charge is 0.274 e. The number of thiocarbonyl (C=S) groups is 1. The summed E-state index contributed by atoms with van der Waals surface area (Å²) in [6, 6.07) is 19.5. The predicted molar refractivity (Wildman–Crippen MR) is 138 cm³/mol. The zero-order valence-corrected chi connectivity index (χ0v) is 20.1. The molecule has 0 aliphatic carbocycles. The Balaban J connectivity index is 1.73. The van der Waals surface area contributed by atoms with E-state index in [9.17, 15) is 9.59 Å². The molecule has 0 saturated carbocycles. The van der Waals surface area contributed by atoms with Crippen LogP contribution >= 0.6 is 24.0 Å². The Morgan fingerprint density at radius 3 is 2.03 bits per heavy atom. The molecule has 0 radical (unpaired) electrons. The van der Waals surface area contributed by atoms with E-state index in [1.807, 2.05) is 66.7 Å². The predicted octanol–water partition coefficient (Wildman–Crippen LogP) is 6.67. The van der Waals surface area contributed by atoms with Gasteiger partial charge in [-0.1, -0.05) is 116 Å². The van der Waals surface area contributed by atoms with Crippen molar-refractivity contribution in [2.75, 3.05) is 5.75 Å². The molecule has 168 valence electrons. The third-order valence-corrected chi connectivity index (χ3v) is 7.54. The van der Waals surface area contributed by atoms with Crippen molar-refractivity contribution < 1.29 is 9.59 Å². The van der Waals surface area contributed by atoms with E-state index in [2.05, 4.69) is 6.58 Å². The van der Waals surface area contributed by atoms with Crippen LogP contribution in [0.25, 0.3) is 0 Å². The standard InChI is InChI=1S/C27H31NO2S2/c1-2-3-4-5-6-7-8-15-20-24(29)28-25(30)27(21-32-26(28)31,22-16-11-9-12-17-22)23-18-13-10-14-19-23/h2,9-14,16-19H,1,3-8,15,20-21H2. The van der Waals surface area contributed by atoms with Gasteiger partial charge < -0.3 is 0 Å². The van der Waals surface area contributed by atoms with E-state index >= 15 is 0 Å². The molecule has 0 bridgehead atoms. The molecule has 0 aromatic heterocycles. The number of carbonyl (C=O) groups excluding carboxylic acids is 2. The highest BCUT2D eigenvalue weighted by atomic mass is 32.2. The number of thioether (sulfide) groups is 1. The SMILES string of the molecule is C=CCCCCCCCCC(=O)N1C(=O)C(c2ccccc2)(c2ccccc2)CSC1=S. The van der Waals surface area contributed by atoms with Crippen LogP contribution in [0.15, 0.2) is 73.3 Å². The highest BCUT2D eigenvalue weighted by Gasteiger charge is 2.50. The van der Waals surface area contributed by atoms with Crippen molar-refractivity contribution in [3.63, 3.8) is 0 Å². The van der Waals surface area contributed by atoms with Crippen molar-refractivity contribution in [3.8, 4) is 0 Å². The molecule has 1 saturated heterocycles. The highest BCUT2D eigenvalue weighted by Crippen LogP contribution is 2.42. The summed E-state index contributed by atoms with van der Waals surface area (Å²) in [6.07, 6.45) is 9.79. The highest BCUT2D eigenvalue weighted by molar-refractivity contribution is 8.23. The van der Waals surface area contributed by atoms with E-state index < -0.39 is 5.41 Å². The summed E-state index contributed by atoms with van der Waals surface area (Å²) in [5.74, 6) is 0.0795. The first-order valence-corrected chi connectivity index (χ1v) is 12.8. The van der Waals surface area contributed by atoms with E-state index in [1.54, 1.807) is 0 Å². The fourth-order valence-electron chi connectivity index (χ4n) is 4.19. The van der Waals surface area contributed by atoms with Crippen molar-refractivity contribution in [2.45, 2.75) is 56.8 Å². The molecule has 1 fully saturated rings. The minimum atomic E-state index is -0.920. The normalized spacial score (nSPS) is 15.6.